The lowest BCUT2D eigenvalue weighted by Gasteiger charge is -2.15. The molecule has 0 aliphatic rings. The lowest BCUT2D eigenvalue weighted by atomic mass is 10.1. The molecule has 1 aromatic carbocycles. The van der Waals surface area contributed by atoms with Crippen molar-refractivity contribution < 1.29 is 14.0 Å². The summed E-state index contributed by atoms with van der Waals surface area (Å²) in [5.74, 6) is -0.0973. The Morgan fingerprint density at radius 3 is 2.77 bits per heavy atom. The van der Waals surface area contributed by atoms with Crippen LogP contribution in [-0.4, -0.2) is 29.4 Å². The van der Waals surface area contributed by atoms with Crippen LogP contribution in [0.15, 0.2) is 22.6 Å². The number of carbonyl (C=O) groups is 2. The van der Waals surface area contributed by atoms with Gasteiger partial charge < -0.3 is 20.8 Å². The average Bonchev–Trinajstić information content (AvgIpc) is 2.83. The summed E-state index contributed by atoms with van der Waals surface area (Å²) in [6.45, 7) is 5.32. The summed E-state index contributed by atoms with van der Waals surface area (Å²) in [6.07, 6.45) is 0. The molecule has 118 valence electrons. The van der Waals surface area contributed by atoms with Crippen molar-refractivity contribution in [3.05, 3.63) is 24.1 Å². The monoisotopic (exact) mass is 304 g/mol. The fourth-order valence-electron chi connectivity index (χ4n) is 1.91. The fraction of sp³-hybridized carbons (Fsp3) is 0.400. The van der Waals surface area contributed by atoms with Gasteiger partial charge in [-0.3, -0.25) is 9.59 Å². The second kappa shape index (κ2) is 6.57. The van der Waals surface area contributed by atoms with Crippen LogP contribution in [0.1, 0.15) is 19.7 Å². The number of aryl methyl sites for hydroxylation is 1. The van der Waals surface area contributed by atoms with Crippen molar-refractivity contribution in [2.24, 2.45) is 11.7 Å². The van der Waals surface area contributed by atoms with Gasteiger partial charge >= 0.3 is 0 Å². The number of fused-ring (bicyclic) bond motifs is 1. The Labute approximate surface area is 128 Å². The van der Waals surface area contributed by atoms with E-state index in [1.807, 2.05) is 13.8 Å². The Hall–Kier alpha value is -2.41. The Balaban J connectivity index is 1.92. The molecule has 0 spiro atoms. The number of hydrogen-bond donors (Lipinski definition) is 3. The van der Waals surface area contributed by atoms with Crippen LogP contribution in [0.5, 0.6) is 0 Å². The molecule has 1 aromatic heterocycles. The molecular weight excluding hydrogens is 284 g/mol. The second-order valence-corrected chi connectivity index (χ2v) is 5.45. The maximum absolute atomic E-state index is 11.8. The third-order valence-electron chi connectivity index (χ3n) is 3.22. The topological polar surface area (TPSA) is 110 Å². The van der Waals surface area contributed by atoms with Crippen molar-refractivity contribution in [3.63, 3.8) is 0 Å². The van der Waals surface area contributed by atoms with Gasteiger partial charge in [0, 0.05) is 18.7 Å². The molecule has 0 saturated carbocycles. The molecule has 1 heterocycles. The van der Waals surface area contributed by atoms with Gasteiger partial charge in [0.25, 0.3) is 0 Å². The summed E-state index contributed by atoms with van der Waals surface area (Å²) in [7, 11) is 0. The summed E-state index contributed by atoms with van der Waals surface area (Å²) in [6, 6.07) is 4.55. The Morgan fingerprint density at radius 2 is 2.09 bits per heavy atom. The number of nitrogens with zero attached hydrogens (tertiary/aromatic N) is 1. The number of rotatable bonds is 5. The number of hydrogen-bond acceptors (Lipinski definition) is 5. The number of anilines is 1. The summed E-state index contributed by atoms with van der Waals surface area (Å²) >= 11 is 0. The molecule has 2 amide bonds. The van der Waals surface area contributed by atoms with Crippen LogP contribution in [0.2, 0.25) is 0 Å². The van der Waals surface area contributed by atoms with Crippen LogP contribution in [-0.2, 0) is 9.59 Å². The van der Waals surface area contributed by atoms with Gasteiger partial charge in [-0.2, -0.15) is 0 Å². The standard InChI is InChI=1S/C15H20N4O3/c1-8(2)14(16)15(21)17-7-13(20)19-10-4-5-11-12(6-10)22-9(3)18-11/h4-6,8,14H,7,16H2,1-3H3,(H,17,21)(H,19,20)/t14-/m0/s1. The minimum atomic E-state index is -0.624. The number of nitrogens with one attached hydrogen (secondary N) is 2. The van der Waals surface area contributed by atoms with Crippen molar-refractivity contribution in [1.82, 2.24) is 10.3 Å². The summed E-state index contributed by atoms with van der Waals surface area (Å²) < 4.78 is 5.40. The number of carbonyl (C=O) groups excluding carboxylic acids is 2. The van der Waals surface area contributed by atoms with Crippen LogP contribution in [0, 0.1) is 12.8 Å². The van der Waals surface area contributed by atoms with Gasteiger partial charge in [0.2, 0.25) is 11.8 Å². The molecule has 7 heteroatoms. The number of aromatic nitrogens is 1. The maximum Gasteiger partial charge on any atom is 0.243 e. The van der Waals surface area contributed by atoms with Crippen LogP contribution in [0.25, 0.3) is 11.1 Å². The minimum absolute atomic E-state index is 0.0140. The van der Waals surface area contributed by atoms with Gasteiger partial charge in [-0.15, -0.1) is 0 Å². The average molecular weight is 304 g/mol. The summed E-state index contributed by atoms with van der Waals surface area (Å²) in [5, 5.41) is 5.20. The molecule has 0 unspecified atom stereocenters. The van der Waals surface area contributed by atoms with Crippen molar-refractivity contribution >= 4 is 28.6 Å². The molecule has 0 aliphatic heterocycles. The molecule has 0 aliphatic carbocycles. The van der Waals surface area contributed by atoms with Gasteiger partial charge in [-0.05, 0) is 18.1 Å². The first kappa shape index (κ1) is 16.0. The van der Waals surface area contributed by atoms with Crippen LogP contribution in [0.4, 0.5) is 5.69 Å². The van der Waals surface area contributed by atoms with Gasteiger partial charge in [0.05, 0.1) is 12.6 Å². The highest BCUT2D eigenvalue weighted by molar-refractivity contribution is 5.96. The van der Waals surface area contributed by atoms with E-state index in [4.69, 9.17) is 10.2 Å². The highest BCUT2D eigenvalue weighted by Crippen LogP contribution is 2.19. The van der Waals surface area contributed by atoms with Crippen molar-refractivity contribution in [2.45, 2.75) is 26.8 Å². The normalized spacial score (nSPS) is 12.4. The quantitative estimate of drug-likeness (QED) is 0.768. The lowest BCUT2D eigenvalue weighted by Crippen LogP contribution is -2.46. The number of oxazole rings is 1. The maximum atomic E-state index is 11.8. The fourth-order valence-corrected chi connectivity index (χ4v) is 1.91. The summed E-state index contributed by atoms with van der Waals surface area (Å²) in [5.41, 5.74) is 7.61. The van der Waals surface area contributed by atoms with Gasteiger partial charge in [0.1, 0.15) is 5.52 Å². The van der Waals surface area contributed by atoms with E-state index in [-0.39, 0.29) is 24.3 Å². The second-order valence-electron chi connectivity index (χ2n) is 5.45. The van der Waals surface area contributed by atoms with E-state index in [0.717, 1.165) is 5.52 Å². The van der Waals surface area contributed by atoms with Crippen LogP contribution >= 0.6 is 0 Å². The first-order chi connectivity index (χ1) is 10.4. The molecule has 0 fully saturated rings. The molecule has 0 radical (unpaired) electrons. The first-order valence-electron chi connectivity index (χ1n) is 7.07. The molecular formula is C15H20N4O3. The van der Waals surface area contributed by atoms with Crippen LogP contribution < -0.4 is 16.4 Å². The molecule has 2 rings (SSSR count). The zero-order valence-electron chi connectivity index (χ0n) is 12.8. The third-order valence-corrected chi connectivity index (χ3v) is 3.22. The van der Waals surface area contributed by atoms with E-state index < -0.39 is 6.04 Å². The smallest absolute Gasteiger partial charge is 0.243 e. The third kappa shape index (κ3) is 3.82. The van der Waals surface area contributed by atoms with Gasteiger partial charge in [-0.25, -0.2) is 4.98 Å². The zero-order chi connectivity index (χ0) is 16.3. The zero-order valence-corrected chi connectivity index (χ0v) is 12.8. The minimum Gasteiger partial charge on any atom is -0.441 e. The van der Waals surface area contributed by atoms with Crippen LogP contribution in [0.3, 0.4) is 0 Å². The Morgan fingerprint density at radius 1 is 1.36 bits per heavy atom. The van der Waals surface area contributed by atoms with E-state index in [9.17, 15) is 9.59 Å². The molecule has 7 nitrogen and oxygen atoms in total. The molecule has 1 atom stereocenters. The Kier molecular flexibility index (Phi) is 4.77. The van der Waals surface area contributed by atoms with Gasteiger partial charge in [0.15, 0.2) is 11.5 Å². The lowest BCUT2D eigenvalue weighted by molar-refractivity contribution is -0.125. The number of nitrogens with two attached hydrogens (primary N) is 1. The first-order valence-corrected chi connectivity index (χ1v) is 7.07. The largest absolute Gasteiger partial charge is 0.441 e. The highest BCUT2D eigenvalue weighted by atomic mass is 16.3. The highest BCUT2D eigenvalue weighted by Gasteiger charge is 2.17. The van der Waals surface area contributed by atoms with Gasteiger partial charge in [-0.1, -0.05) is 13.8 Å². The molecule has 0 bridgehead atoms. The van der Waals surface area contributed by atoms with Crippen molar-refractivity contribution in [3.8, 4) is 0 Å². The predicted octanol–water partition coefficient (Wildman–Crippen LogP) is 1.17. The summed E-state index contributed by atoms with van der Waals surface area (Å²) in [4.78, 5) is 27.7. The number of benzene rings is 1. The van der Waals surface area contributed by atoms with E-state index in [0.29, 0.717) is 17.2 Å². The van der Waals surface area contributed by atoms with E-state index in [1.54, 1.807) is 25.1 Å². The predicted molar refractivity (Wildman–Crippen MR) is 83.2 cm³/mol. The van der Waals surface area contributed by atoms with E-state index in [2.05, 4.69) is 15.6 Å². The van der Waals surface area contributed by atoms with E-state index >= 15 is 0 Å². The van der Waals surface area contributed by atoms with Crippen molar-refractivity contribution in [2.75, 3.05) is 11.9 Å². The van der Waals surface area contributed by atoms with Crippen molar-refractivity contribution in [1.29, 1.82) is 0 Å². The Bertz CT molecular complexity index is 693. The molecule has 4 N–H and O–H groups in total. The molecule has 2 aromatic rings. The molecule has 0 saturated heterocycles. The van der Waals surface area contributed by atoms with E-state index in [1.165, 1.54) is 0 Å². The number of amides is 2. The SMILES string of the molecule is Cc1nc2ccc(NC(=O)CNC(=O)[C@@H](N)C(C)C)cc2o1. The molecule has 22 heavy (non-hydrogen) atoms.